The predicted octanol–water partition coefficient (Wildman–Crippen LogP) is 2.74. The first-order valence-corrected chi connectivity index (χ1v) is 7.07. The molecule has 2 aromatic rings. The van der Waals surface area contributed by atoms with E-state index in [-0.39, 0.29) is 23.3 Å². The third kappa shape index (κ3) is 3.67. The first-order chi connectivity index (χ1) is 10.2. The van der Waals surface area contributed by atoms with Crippen molar-refractivity contribution in [1.29, 1.82) is 0 Å². The van der Waals surface area contributed by atoms with E-state index in [4.69, 9.17) is 0 Å². The number of hydrogen-bond donors (Lipinski definition) is 1. The van der Waals surface area contributed by atoms with Gasteiger partial charge in [-0.3, -0.25) is 14.2 Å². The molecule has 0 unspecified atom stereocenters. The smallest absolute Gasteiger partial charge is 0.309 e. The number of alkyl halides is 3. The van der Waals surface area contributed by atoms with Crippen LogP contribution >= 0.6 is 15.9 Å². The number of aromatic nitrogens is 4. The van der Waals surface area contributed by atoms with Gasteiger partial charge in [-0.25, -0.2) is 0 Å². The minimum Gasteiger partial charge on any atom is -0.309 e. The molecule has 0 bridgehead atoms. The van der Waals surface area contributed by atoms with E-state index in [0.29, 0.717) is 11.5 Å². The maximum atomic E-state index is 12.7. The summed E-state index contributed by atoms with van der Waals surface area (Å²) in [5.74, 6) is 0.0418. The molecule has 0 aliphatic rings. The van der Waals surface area contributed by atoms with Crippen LogP contribution in [0, 0.1) is 6.92 Å². The van der Waals surface area contributed by atoms with E-state index < -0.39 is 11.9 Å². The lowest BCUT2D eigenvalue weighted by molar-refractivity contribution is -0.142. The molecule has 2 rings (SSSR count). The summed E-state index contributed by atoms with van der Waals surface area (Å²) in [7, 11) is 1.71. The molecule has 1 amide bonds. The lowest BCUT2D eigenvalue weighted by Crippen LogP contribution is -2.16. The summed E-state index contributed by atoms with van der Waals surface area (Å²) < 4.78 is 40.8. The lowest BCUT2D eigenvalue weighted by Gasteiger charge is -2.05. The Morgan fingerprint density at radius 2 is 2.09 bits per heavy atom. The normalized spacial score (nSPS) is 11.7. The molecule has 0 radical (unpaired) electrons. The fourth-order valence-corrected chi connectivity index (χ4v) is 2.33. The average Bonchev–Trinajstić information content (AvgIpc) is 2.93. The quantitative estimate of drug-likeness (QED) is 0.887. The van der Waals surface area contributed by atoms with Crippen LogP contribution in [0.5, 0.6) is 0 Å². The molecule has 1 N–H and O–H groups in total. The van der Waals surface area contributed by atoms with Crippen molar-refractivity contribution < 1.29 is 18.0 Å². The van der Waals surface area contributed by atoms with Gasteiger partial charge in [0, 0.05) is 25.7 Å². The molecule has 2 aromatic heterocycles. The van der Waals surface area contributed by atoms with Gasteiger partial charge in [-0.1, -0.05) is 0 Å². The highest BCUT2D eigenvalue weighted by molar-refractivity contribution is 9.10. The molecule has 0 saturated heterocycles. The van der Waals surface area contributed by atoms with Crippen molar-refractivity contribution in [2.75, 3.05) is 5.32 Å². The highest BCUT2D eigenvalue weighted by atomic mass is 79.9. The van der Waals surface area contributed by atoms with Crippen molar-refractivity contribution in [2.24, 2.45) is 7.05 Å². The average molecular weight is 380 g/mol. The molecule has 10 heteroatoms. The Balaban J connectivity index is 2.01. The molecular weight excluding hydrogens is 367 g/mol. The second-order valence-corrected chi connectivity index (χ2v) is 5.43. The summed E-state index contributed by atoms with van der Waals surface area (Å²) in [6.45, 7) is 1.54. The van der Waals surface area contributed by atoms with E-state index >= 15 is 0 Å². The van der Waals surface area contributed by atoms with E-state index in [9.17, 15) is 18.0 Å². The third-order valence-corrected chi connectivity index (χ3v) is 3.88. The molecule has 0 fully saturated rings. The number of nitrogens with one attached hydrogen (secondary N) is 1. The van der Waals surface area contributed by atoms with Gasteiger partial charge in [-0.15, -0.1) is 0 Å². The molecule has 2 heterocycles. The van der Waals surface area contributed by atoms with Crippen LogP contribution in [0.2, 0.25) is 0 Å². The van der Waals surface area contributed by atoms with E-state index in [1.807, 2.05) is 0 Å². The van der Waals surface area contributed by atoms with Crippen molar-refractivity contribution in [1.82, 2.24) is 19.6 Å². The molecule has 0 atom stereocenters. The zero-order valence-corrected chi connectivity index (χ0v) is 13.4. The number of hydrogen-bond acceptors (Lipinski definition) is 3. The lowest BCUT2D eigenvalue weighted by atomic mass is 10.3. The number of aryl methyl sites for hydroxylation is 2. The summed E-state index contributed by atoms with van der Waals surface area (Å²) >= 11 is 2.88. The molecule has 0 aromatic carbocycles. The SMILES string of the molecule is Cc1c(Br)c(C(F)(F)F)nn1CCC(=O)Nc1ccn(C)n1. The summed E-state index contributed by atoms with van der Waals surface area (Å²) in [6, 6.07) is 1.62. The van der Waals surface area contributed by atoms with Gasteiger partial charge in [0.1, 0.15) is 0 Å². The molecule has 0 spiro atoms. The first kappa shape index (κ1) is 16.5. The number of nitrogens with zero attached hydrogens (tertiary/aromatic N) is 4. The molecule has 6 nitrogen and oxygen atoms in total. The van der Waals surface area contributed by atoms with Crippen molar-refractivity contribution in [2.45, 2.75) is 26.1 Å². The standard InChI is InChI=1S/C12H13BrF3N5O/c1-7-10(13)11(12(14,15)16)19-21(7)6-4-9(22)17-8-3-5-20(2)18-8/h3,5H,4,6H2,1-2H3,(H,17,18,22). The number of rotatable bonds is 4. The molecule has 120 valence electrons. The predicted molar refractivity (Wildman–Crippen MR) is 76.1 cm³/mol. The van der Waals surface area contributed by atoms with E-state index in [2.05, 4.69) is 31.4 Å². The molecule has 0 aliphatic heterocycles. The van der Waals surface area contributed by atoms with Crippen molar-refractivity contribution >= 4 is 27.7 Å². The van der Waals surface area contributed by atoms with Crippen LogP contribution in [0.1, 0.15) is 17.8 Å². The van der Waals surface area contributed by atoms with Crippen LogP contribution in [0.4, 0.5) is 19.0 Å². The van der Waals surface area contributed by atoms with Crippen LogP contribution in [0.25, 0.3) is 0 Å². The summed E-state index contributed by atoms with van der Waals surface area (Å²) in [6.07, 6.45) is -2.88. The Bertz CT molecular complexity index is 691. The van der Waals surface area contributed by atoms with Gasteiger partial charge in [-0.2, -0.15) is 23.4 Å². The fourth-order valence-electron chi connectivity index (χ4n) is 1.82. The van der Waals surface area contributed by atoms with Gasteiger partial charge in [-0.05, 0) is 22.9 Å². The summed E-state index contributed by atoms with van der Waals surface area (Å²) in [4.78, 5) is 11.8. The van der Waals surface area contributed by atoms with Gasteiger partial charge in [0.05, 0.1) is 16.7 Å². The van der Waals surface area contributed by atoms with E-state index in [1.165, 1.54) is 11.6 Å². The van der Waals surface area contributed by atoms with Crippen LogP contribution in [0.15, 0.2) is 16.7 Å². The Hall–Kier alpha value is -1.84. The van der Waals surface area contributed by atoms with Gasteiger partial charge in [0.25, 0.3) is 0 Å². The molecule has 0 aliphatic carbocycles. The number of carbonyl (C=O) groups is 1. The first-order valence-electron chi connectivity index (χ1n) is 6.28. The van der Waals surface area contributed by atoms with Crippen LogP contribution < -0.4 is 5.32 Å². The zero-order valence-electron chi connectivity index (χ0n) is 11.8. The minimum absolute atomic E-state index is 0.0111. The Labute approximate surface area is 132 Å². The second kappa shape index (κ2) is 6.11. The monoisotopic (exact) mass is 379 g/mol. The maximum absolute atomic E-state index is 12.7. The van der Waals surface area contributed by atoms with Crippen molar-refractivity contribution in [3.8, 4) is 0 Å². The number of halogens is 4. The Kier molecular flexibility index (Phi) is 4.59. The molecule has 22 heavy (non-hydrogen) atoms. The third-order valence-electron chi connectivity index (χ3n) is 2.93. The number of amides is 1. The summed E-state index contributed by atoms with van der Waals surface area (Å²) in [5.41, 5.74) is -0.673. The van der Waals surface area contributed by atoms with Crippen LogP contribution in [-0.4, -0.2) is 25.5 Å². The fraction of sp³-hybridized carbons (Fsp3) is 0.417. The molecule has 0 saturated carbocycles. The van der Waals surface area contributed by atoms with Crippen LogP contribution in [-0.2, 0) is 24.6 Å². The van der Waals surface area contributed by atoms with E-state index in [0.717, 1.165) is 4.68 Å². The van der Waals surface area contributed by atoms with Crippen molar-refractivity contribution in [3.63, 3.8) is 0 Å². The maximum Gasteiger partial charge on any atom is 0.436 e. The summed E-state index contributed by atoms with van der Waals surface area (Å²) in [5, 5.41) is 10.0. The minimum atomic E-state index is -4.54. The number of carbonyl (C=O) groups excluding carboxylic acids is 1. The Morgan fingerprint density at radius 3 is 2.59 bits per heavy atom. The van der Waals surface area contributed by atoms with Gasteiger partial charge in [0.15, 0.2) is 11.5 Å². The second-order valence-electron chi connectivity index (χ2n) is 4.64. The highest BCUT2D eigenvalue weighted by Crippen LogP contribution is 2.35. The van der Waals surface area contributed by atoms with Crippen molar-refractivity contribution in [3.05, 3.63) is 28.1 Å². The molecular formula is C12H13BrF3N5O. The Morgan fingerprint density at radius 1 is 1.41 bits per heavy atom. The highest BCUT2D eigenvalue weighted by Gasteiger charge is 2.37. The topological polar surface area (TPSA) is 64.7 Å². The van der Waals surface area contributed by atoms with Gasteiger partial charge in [0.2, 0.25) is 5.91 Å². The largest absolute Gasteiger partial charge is 0.436 e. The zero-order chi connectivity index (χ0) is 16.5. The number of anilines is 1. The van der Waals surface area contributed by atoms with E-state index in [1.54, 1.807) is 19.3 Å². The van der Waals surface area contributed by atoms with Gasteiger partial charge >= 0.3 is 6.18 Å². The van der Waals surface area contributed by atoms with Gasteiger partial charge < -0.3 is 5.32 Å². The van der Waals surface area contributed by atoms with Crippen LogP contribution in [0.3, 0.4) is 0 Å².